The van der Waals surface area contributed by atoms with E-state index in [4.69, 9.17) is 5.11 Å². The molecular weight excluding hydrogens is 260 g/mol. The van der Waals surface area contributed by atoms with E-state index in [0.717, 1.165) is 6.42 Å². The first-order chi connectivity index (χ1) is 9.19. The molecule has 1 saturated carbocycles. The zero-order valence-electron chi connectivity index (χ0n) is 12.4. The minimum absolute atomic E-state index is 0.0651. The van der Waals surface area contributed by atoms with Crippen LogP contribution >= 0.6 is 0 Å². The number of hydrogen-bond acceptors (Lipinski definition) is 3. The third-order valence-corrected chi connectivity index (χ3v) is 3.33. The molecule has 0 heterocycles. The van der Waals surface area contributed by atoms with Crippen molar-refractivity contribution in [3.8, 4) is 0 Å². The molecule has 0 bridgehead atoms. The summed E-state index contributed by atoms with van der Waals surface area (Å²) in [4.78, 5) is 34.5. The van der Waals surface area contributed by atoms with E-state index in [-0.39, 0.29) is 29.8 Å². The molecule has 0 saturated heterocycles. The summed E-state index contributed by atoms with van der Waals surface area (Å²) >= 11 is 0. The summed E-state index contributed by atoms with van der Waals surface area (Å²) < 4.78 is 0. The Labute approximate surface area is 119 Å². The van der Waals surface area contributed by atoms with Crippen molar-refractivity contribution in [1.29, 1.82) is 0 Å². The second-order valence-corrected chi connectivity index (χ2v) is 6.41. The van der Waals surface area contributed by atoms with Crippen molar-refractivity contribution in [1.82, 2.24) is 10.6 Å². The predicted molar refractivity (Wildman–Crippen MR) is 74.0 cm³/mol. The summed E-state index contributed by atoms with van der Waals surface area (Å²) in [6.45, 7) is 5.53. The lowest BCUT2D eigenvalue weighted by molar-refractivity contribution is -0.144. The fourth-order valence-corrected chi connectivity index (χ4v) is 2.43. The minimum atomic E-state index is -0.840. The molecule has 3 N–H and O–H groups in total. The number of carboxylic acids is 1. The number of carbonyl (C=O) groups excluding carboxylic acids is 2. The molecule has 1 rings (SSSR count). The van der Waals surface area contributed by atoms with Crippen LogP contribution in [0.15, 0.2) is 0 Å². The molecule has 0 spiro atoms. The van der Waals surface area contributed by atoms with Gasteiger partial charge in [-0.15, -0.1) is 0 Å². The van der Waals surface area contributed by atoms with Crippen molar-refractivity contribution >= 4 is 17.8 Å². The number of carbonyl (C=O) groups is 3. The first kappa shape index (κ1) is 16.5. The smallest absolute Gasteiger partial charge is 0.306 e. The number of rotatable bonds is 4. The highest BCUT2D eigenvalue weighted by Gasteiger charge is 2.31. The van der Waals surface area contributed by atoms with Crippen LogP contribution in [0.25, 0.3) is 0 Å². The quantitative estimate of drug-likeness (QED) is 0.715. The molecule has 1 fully saturated rings. The molecule has 1 aliphatic carbocycles. The molecular formula is C14H24N2O4. The second-order valence-electron chi connectivity index (χ2n) is 6.41. The highest BCUT2D eigenvalue weighted by atomic mass is 16.4. The highest BCUT2D eigenvalue weighted by molar-refractivity contribution is 5.86. The summed E-state index contributed by atoms with van der Waals surface area (Å²) in [5.41, 5.74) is -0.332. The van der Waals surface area contributed by atoms with Gasteiger partial charge in [0, 0.05) is 11.5 Å². The monoisotopic (exact) mass is 284 g/mol. The van der Waals surface area contributed by atoms with Crippen LogP contribution < -0.4 is 10.6 Å². The first-order valence-corrected chi connectivity index (χ1v) is 7.00. The summed E-state index contributed by atoms with van der Waals surface area (Å²) in [5, 5.41) is 14.3. The molecule has 6 nitrogen and oxygen atoms in total. The van der Waals surface area contributed by atoms with Crippen molar-refractivity contribution in [2.24, 2.45) is 11.8 Å². The maximum atomic E-state index is 12.0. The van der Waals surface area contributed by atoms with Gasteiger partial charge in [0.05, 0.1) is 12.5 Å². The van der Waals surface area contributed by atoms with Crippen LogP contribution in [0.2, 0.25) is 0 Å². The summed E-state index contributed by atoms with van der Waals surface area (Å²) in [5.74, 6) is -2.04. The van der Waals surface area contributed by atoms with E-state index in [0.29, 0.717) is 19.3 Å². The zero-order chi connectivity index (χ0) is 15.3. The van der Waals surface area contributed by atoms with Gasteiger partial charge in [0.15, 0.2) is 0 Å². The van der Waals surface area contributed by atoms with Crippen LogP contribution in [0.5, 0.6) is 0 Å². The molecule has 0 aromatic carbocycles. The Bertz CT molecular complexity index is 387. The Morgan fingerprint density at radius 1 is 1.15 bits per heavy atom. The van der Waals surface area contributed by atoms with Crippen LogP contribution in [0.3, 0.4) is 0 Å². The maximum absolute atomic E-state index is 12.0. The van der Waals surface area contributed by atoms with E-state index in [1.165, 1.54) is 0 Å². The van der Waals surface area contributed by atoms with E-state index in [9.17, 15) is 14.4 Å². The normalized spacial score (nSPS) is 22.9. The number of aliphatic carboxylic acids is 1. The number of carboxylic acid groups (broad SMARTS) is 1. The van der Waals surface area contributed by atoms with Crippen LogP contribution in [-0.4, -0.2) is 35.0 Å². The van der Waals surface area contributed by atoms with Gasteiger partial charge in [-0.25, -0.2) is 0 Å². The van der Waals surface area contributed by atoms with Gasteiger partial charge in [-0.1, -0.05) is 6.42 Å². The minimum Gasteiger partial charge on any atom is -0.481 e. The van der Waals surface area contributed by atoms with E-state index >= 15 is 0 Å². The van der Waals surface area contributed by atoms with E-state index in [1.54, 1.807) is 0 Å². The Morgan fingerprint density at radius 3 is 2.30 bits per heavy atom. The maximum Gasteiger partial charge on any atom is 0.306 e. The zero-order valence-corrected chi connectivity index (χ0v) is 12.4. The molecule has 114 valence electrons. The summed E-state index contributed by atoms with van der Waals surface area (Å²) in [6, 6.07) is 0. The molecule has 0 radical (unpaired) electrons. The molecule has 20 heavy (non-hydrogen) atoms. The van der Waals surface area contributed by atoms with Gasteiger partial charge in [0.25, 0.3) is 0 Å². The van der Waals surface area contributed by atoms with Crippen LogP contribution in [-0.2, 0) is 14.4 Å². The van der Waals surface area contributed by atoms with Gasteiger partial charge < -0.3 is 15.7 Å². The SMILES string of the molecule is CC(C)(C)NC(=O)CNC(=O)[C@@H]1CCC[C@@H](C(=O)O)C1. The van der Waals surface area contributed by atoms with Crippen molar-refractivity contribution in [2.45, 2.75) is 52.0 Å². The highest BCUT2D eigenvalue weighted by Crippen LogP contribution is 2.29. The molecule has 0 aromatic rings. The molecule has 2 amide bonds. The fourth-order valence-electron chi connectivity index (χ4n) is 2.43. The second kappa shape index (κ2) is 6.72. The van der Waals surface area contributed by atoms with Crippen LogP contribution in [0, 0.1) is 11.8 Å². The van der Waals surface area contributed by atoms with Crippen molar-refractivity contribution in [2.75, 3.05) is 6.54 Å². The van der Waals surface area contributed by atoms with Gasteiger partial charge in [0.1, 0.15) is 0 Å². The molecule has 0 aromatic heterocycles. The number of nitrogens with one attached hydrogen (secondary N) is 2. The average molecular weight is 284 g/mol. The Morgan fingerprint density at radius 2 is 1.75 bits per heavy atom. The molecule has 6 heteroatoms. The van der Waals surface area contributed by atoms with Gasteiger partial charge in [0.2, 0.25) is 11.8 Å². The van der Waals surface area contributed by atoms with E-state index < -0.39 is 11.9 Å². The predicted octanol–water partition coefficient (Wildman–Crippen LogP) is 0.908. The Hall–Kier alpha value is -1.59. The molecule has 0 unspecified atom stereocenters. The third-order valence-electron chi connectivity index (χ3n) is 3.33. The fraction of sp³-hybridized carbons (Fsp3) is 0.786. The number of amides is 2. The lowest BCUT2D eigenvalue weighted by atomic mass is 9.81. The van der Waals surface area contributed by atoms with Crippen LogP contribution in [0.4, 0.5) is 0 Å². The van der Waals surface area contributed by atoms with Gasteiger partial charge in [-0.3, -0.25) is 14.4 Å². The van der Waals surface area contributed by atoms with Crippen LogP contribution in [0.1, 0.15) is 46.5 Å². The Kier molecular flexibility index (Phi) is 5.53. The third kappa shape index (κ3) is 5.59. The van der Waals surface area contributed by atoms with E-state index in [2.05, 4.69) is 10.6 Å². The molecule has 1 aliphatic rings. The summed E-state index contributed by atoms with van der Waals surface area (Å²) in [6.07, 6.45) is 2.42. The molecule has 2 atom stereocenters. The topological polar surface area (TPSA) is 95.5 Å². The number of hydrogen-bond donors (Lipinski definition) is 3. The van der Waals surface area contributed by atoms with Crippen molar-refractivity contribution in [3.05, 3.63) is 0 Å². The standard InChI is InChI=1S/C14H24N2O4/c1-14(2,3)16-11(17)8-15-12(18)9-5-4-6-10(7-9)13(19)20/h9-10H,4-8H2,1-3H3,(H,15,18)(H,16,17)(H,19,20)/t9-,10-/m1/s1. The van der Waals surface area contributed by atoms with Gasteiger partial charge >= 0.3 is 5.97 Å². The van der Waals surface area contributed by atoms with Crippen molar-refractivity contribution < 1.29 is 19.5 Å². The lowest BCUT2D eigenvalue weighted by Crippen LogP contribution is -2.47. The Balaban J connectivity index is 2.39. The summed E-state index contributed by atoms with van der Waals surface area (Å²) in [7, 11) is 0. The van der Waals surface area contributed by atoms with Crippen molar-refractivity contribution in [3.63, 3.8) is 0 Å². The first-order valence-electron chi connectivity index (χ1n) is 7.00. The molecule has 0 aliphatic heterocycles. The largest absolute Gasteiger partial charge is 0.481 e. The lowest BCUT2D eigenvalue weighted by Gasteiger charge is -2.26. The van der Waals surface area contributed by atoms with Gasteiger partial charge in [-0.2, -0.15) is 0 Å². The average Bonchev–Trinajstić information content (AvgIpc) is 2.34. The van der Waals surface area contributed by atoms with E-state index in [1.807, 2.05) is 20.8 Å². The van der Waals surface area contributed by atoms with Gasteiger partial charge in [-0.05, 0) is 40.0 Å².